The highest BCUT2D eigenvalue weighted by Gasteiger charge is 2.47. The molecule has 17 heteroatoms. The van der Waals surface area contributed by atoms with Gasteiger partial charge in [0.2, 0.25) is 5.88 Å². The third-order valence-electron chi connectivity index (χ3n) is 6.03. The van der Waals surface area contributed by atoms with Gasteiger partial charge in [0.15, 0.2) is 0 Å². The molecule has 2 aliphatic rings. The molecule has 4 heterocycles. The van der Waals surface area contributed by atoms with Crippen molar-refractivity contribution in [2.24, 2.45) is 5.92 Å². The molecule has 2 aromatic heterocycles. The maximum atomic E-state index is 10.6. The number of carbonyl (C=O) groups is 2. The highest BCUT2D eigenvalue weighted by Crippen LogP contribution is 2.38. The average molecular weight is 600 g/mol. The van der Waals surface area contributed by atoms with Crippen molar-refractivity contribution in [2.75, 3.05) is 26.3 Å². The molecule has 0 aliphatic carbocycles. The van der Waals surface area contributed by atoms with Crippen molar-refractivity contribution in [3.8, 4) is 5.88 Å². The maximum Gasteiger partial charge on any atom is 0.490 e. The molecule has 230 valence electrons. The first-order valence-electron chi connectivity index (χ1n) is 12.4. The number of nitrogens with zero attached hydrogens (tertiary/aromatic N) is 5. The van der Waals surface area contributed by atoms with Crippen LogP contribution in [0.4, 0.5) is 26.3 Å². The summed E-state index contributed by atoms with van der Waals surface area (Å²) in [7, 11) is 0. The molecular weight excluding hydrogens is 568 g/mol. The average Bonchev–Trinajstić information content (AvgIpc) is 3.31. The second-order valence-corrected chi connectivity index (χ2v) is 9.48. The fraction of sp³-hybridized carbons (Fsp3) is 0.625. The number of halogens is 6. The van der Waals surface area contributed by atoms with Crippen LogP contribution in [-0.4, -0.2) is 91.1 Å². The topological polar surface area (TPSA) is 140 Å². The van der Waals surface area contributed by atoms with Crippen molar-refractivity contribution in [3.05, 3.63) is 36.0 Å². The number of hydrogen-bond donors (Lipinski definition) is 2. The van der Waals surface area contributed by atoms with E-state index < -0.39 is 24.3 Å². The molecule has 1 spiro atoms. The number of rotatable bonds is 7. The molecule has 2 fully saturated rings. The fourth-order valence-corrected chi connectivity index (χ4v) is 4.24. The summed E-state index contributed by atoms with van der Waals surface area (Å²) in [5, 5.41) is 18.6. The van der Waals surface area contributed by atoms with Crippen molar-refractivity contribution in [1.29, 1.82) is 0 Å². The zero-order chi connectivity index (χ0) is 30.8. The van der Waals surface area contributed by atoms with Crippen molar-refractivity contribution in [2.45, 2.75) is 64.2 Å². The number of aliphatic carboxylic acids is 2. The minimum absolute atomic E-state index is 0.0484. The molecule has 2 saturated heterocycles. The Morgan fingerprint density at radius 3 is 2.22 bits per heavy atom. The summed E-state index contributed by atoms with van der Waals surface area (Å²) < 4.78 is 77.4. The van der Waals surface area contributed by atoms with E-state index in [1.165, 1.54) is 5.56 Å². The predicted molar refractivity (Wildman–Crippen MR) is 129 cm³/mol. The summed E-state index contributed by atoms with van der Waals surface area (Å²) in [6.07, 6.45) is 0.664. The number of ether oxygens (including phenoxy) is 2. The summed E-state index contributed by atoms with van der Waals surface area (Å²) in [5.41, 5.74) is 2.22. The molecule has 0 bridgehead atoms. The van der Waals surface area contributed by atoms with Crippen LogP contribution >= 0.6 is 0 Å². The van der Waals surface area contributed by atoms with Gasteiger partial charge in [0, 0.05) is 50.7 Å². The second-order valence-electron chi connectivity index (χ2n) is 9.48. The molecule has 0 saturated carbocycles. The first-order valence-corrected chi connectivity index (χ1v) is 12.4. The van der Waals surface area contributed by atoms with Crippen molar-refractivity contribution < 1.29 is 55.6 Å². The molecule has 2 aliphatic heterocycles. The van der Waals surface area contributed by atoms with Gasteiger partial charge in [0.1, 0.15) is 0 Å². The normalized spacial score (nSPS) is 18.3. The Balaban J connectivity index is 0.000000349. The number of carboxylic acid groups (broad SMARTS) is 2. The lowest BCUT2D eigenvalue weighted by Gasteiger charge is -2.53. The Kier molecular flexibility index (Phi) is 11.9. The summed E-state index contributed by atoms with van der Waals surface area (Å²) in [5.74, 6) is -4.24. The highest BCUT2D eigenvalue weighted by molar-refractivity contribution is 5.73. The zero-order valence-corrected chi connectivity index (χ0v) is 22.3. The fourth-order valence-electron chi connectivity index (χ4n) is 4.24. The van der Waals surface area contributed by atoms with E-state index in [0.29, 0.717) is 18.4 Å². The van der Waals surface area contributed by atoms with E-state index in [1.54, 1.807) is 12.4 Å². The number of aryl methyl sites for hydroxylation is 2. The Hall–Kier alpha value is -3.47. The Morgan fingerprint density at radius 2 is 1.71 bits per heavy atom. The molecule has 1 unspecified atom stereocenters. The van der Waals surface area contributed by atoms with Crippen LogP contribution in [0.2, 0.25) is 0 Å². The van der Waals surface area contributed by atoms with Crippen LogP contribution in [0, 0.1) is 12.8 Å². The second kappa shape index (κ2) is 14.4. The van der Waals surface area contributed by atoms with Gasteiger partial charge < -0.3 is 19.7 Å². The lowest BCUT2D eigenvalue weighted by Crippen LogP contribution is -2.64. The molecule has 0 amide bonds. The minimum atomic E-state index is -5.08. The lowest BCUT2D eigenvalue weighted by molar-refractivity contribution is -0.193. The van der Waals surface area contributed by atoms with Gasteiger partial charge in [-0.05, 0) is 39.0 Å². The van der Waals surface area contributed by atoms with Gasteiger partial charge in [0.25, 0.3) is 0 Å². The first kappa shape index (κ1) is 33.7. The largest absolute Gasteiger partial charge is 0.490 e. The van der Waals surface area contributed by atoms with Gasteiger partial charge in [-0.3, -0.25) is 14.6 Å². The Bertz CT molecular complexity index is 1110. The monoisotopic (exact) mass is 599 g/mol. The van der Waals surface area contributed by atoms with Gasteiger partial charge in [-0.2, -0.15) is 31.4 Å². The molecule has 4 rings (SSSR count). The van der Waals surface area contributed by atoms with Crippen LogP contribution in [-0.2, 0) is 27.4 Å². The number of likely N-dealkylation sites (tertiary alicyclic amines) is 1. The smallest absolute Gasteiger partial charge is 0.477 e. The number of hydrogen-bond acceptors (Lipinski definition) is 8. The van der Waals surface area contributed by atoms with Gasteiger partial charge in [-0.15, -0.1) is 0 Å². The maximum absolute atomic E-state index is 10.6. The molecule has 2 N–H and O–H groups in total. The van der Waals surface area contributed by atoms with E-state index >= 15 is 0 Å². The van der Waals surface area contributed by atoms with E-state index in [2.05, 4.69) is 33.1 Å². The van der Waals surface area contributed by atoms with Crippen molar-refractivity contribution >= 4 is 11.9 Å². The minimum Gasteiger partial charge on any atom is -0.477 e. The van der Waals surface area contributed by atoms with Crippen LogP contribution < -0.4 is 4.74 Å². The van der Waals surface area contributed by atoms with Crippen molar-refractivity contribution in [1.82, 2.24) is 24.6 Å². The third-order valence-corrected chi connectivity index (χ3v) is 6.03. The van der Waals surface area contributed by atoms with Gasteiger partial charge in [0.05, 0.1) is 30.3 Å². The molecule has 41 heavy (non-hydrogen) atoms. The lowest BCUT2D eigenvalue weighted by atomic mass is 9.79. The number of carboxylic acids is 2. The molecule has 2 aromatic rings. The van der Waals surface area contributed by atoms with Gasteiger partial charge >= 0.3 is 24.3 Å². The first-order chi connectivity index (χ1) is 19.0. The van der Waals surface area contributed by atoms with Crippen LogP contribution in [0.5, 0.6) is 5.88 Å². The summed E-state index contributed by atoms with van der Waals surface area (Å²) in [6, 6.07) is 0. The summed E-state index contributed by atoms with van der Waals surface area (Å²) >= 11 is 0. The number of aromatic nitrogens is 4. The molecule has 0 radical (unpaired) electrons. The summed E-state index contributed by atoms with van der Waals surface area (Å²) in [4.78, 5) is 28.7. The van der Waals surface area contributed by atoms with Gasteiger partial charge in [-0.25, -0.2) is 14.6 Å². The Labute approximate surface area is 231 Å². The quantitative estimate of drug-likeness (QED) is 0.453. The highest BCUT2D eigenvalue weighted by atomic mass is 19.4. The molecule has 11 nitrogen and oxygen atoms in total. The van der Waals surface area contributed by atoms with Crippen LogP contribution in [0.1, 0.15) is 37.4 Å². The standard InChI is InChI=1S/C20H29N5O2.2C2HF3O2/c1-3-25-13-18(10-22-25)12-24-14-20(15-24)8-17(5-7-27-20)4-6-26-19-11-21-9-16(2)23-19;2*3-2(4,5)1(6)7/h9-11,13,17H,3-8,12,14-15H2,1-2H3;2*(H,6,7). The Morgan fingerprint density at radius 1 is 1.10 bits per heavy atom. The van der Waals surface area contributed by atoms with Crippen molar-refractivity contribution in [3.63, 3.8) is 0 Å². The predicted octanol–water partition coefficient (Wildman–Crippen LogP) is 3.72. The van der Waals surface area contributed by atoms with Gasteiger partial charge in [-0.1, -0.05) is 0 Å². The van der Waals surface area contributed by atoms with Crippen LogP contribution in [0.25, 0.3) is 0 Å². The van der Waals surface area contributed by atoms with E-state index in [9.17, 15) is 26.3 Å². The zero-order valence-electron chi connectivity index (χ0n) is 22.3. The van der Waals surface area contributed by atoms with Crippen LogP contribution in [0.15, 0.2) is 24.8 Å². The van der Waals surface area contributed by atoms with E-state index in [-0.39, 0.29) is 5.60 Å². The molecule has 1 atom stereocenters. The molecule has 0 aromatic carbocycles. The number of alkyl halides is 6. The van der Waals surface area contributed by atoms with E-state index in [4.69, 9.17) is 29.3 Å². The SMILES string of the molecule is CCn1cc(CN2CC3(CC(CCOc4cncc(C)n4)CCO3)C2)cn1.O=C(O)C(F)(F)F.O=C(O)C(F)(F)F. The van der Waals surface area contributed by atoms with E-state index in [0.717, 1.165) is 57.7 Å². The molecular formula is C24H31F6N5O6. The third kappa shape index (κ3) is 11.5. The van der Waals surface area contributed by atoms with Crippen LogP contribution in [0.3, 0.4) is 0 Å². The summed E-state index contributed by atoms with van der Waals surface area (Å²) in [6.45, 7) is 9.51. The van der Waals surface area contributed by atoms with E-state index in [1.807, 2.05) is 17.8 Å².